The lowest BCUT2D eigenvalue weighted by molar-refractivity contribution is 0.122. The Hall–Kier alpha value is -1.95. The average molecular weight is 342 g/mol. The number of ether oxygens (including phenoxy) is 2. The molecule has 6 nitrogen and oxygen atoms in total. The minimum Gasteiger partial charge on any atom is -0.477 e. The third-order valence-electron chi connectivity index (χ3n) is 5.52. The lowest BCUT2D eigenvalue weighted by Gasteiger charge is -2.27. The molecule has 4 rings (SSSR count). The van der Waals surface area contributed by atoms with Crippen LogP contribution in [0.3, 0.4) is 0 Å². The Balaban J connectivity index is 1.70. The van der Waals surface area contributed by atoms with E-state index in [1.807, 2.05) is 6.92 Å². The van der Waals surface area contributed by atoms with Crippen LogP contribution in [0.1, 0.15) is 31.5 Å². The number of anilines is 1. The van der Waals surface area contributed by atoms with Crippen molar-refractivity contribution < 1.29 is 9.47 Å². The minimum atomic E-state index is 0.390. The summed E-state index contributed by atoms with van der Waals surface area (Å²) in [7, 11) is 0. The molecule has 2 fully saturated rings. The van der Waals surface area contributed by atoms with Crippen LogP contribution in [0, 0.1) is 25.2 Å². The lowest BCUT2D eigenvalue weighted by Crippen LogP contribution is -2.37. The van der Waals surface area contributed by atoms with Crippen LogP contribution >= 0.6 is 0 Å². The van der Waals surface area contributed by atoms with Gasteiger partial charge in [-0.2, -0.15) is 9.97 Å². The summed E-state index contributed by atoms with van der Waals surface area (Å²) in [5.41, 5.74) is 3.23. The molecule has 0 spiro atoms. The van der Waals surface area contributed by atoms with Crippen molar-refractivity contribution in [2.24, 2.45) is 11.3 Å². The number of morpholine rings is 1. The van der Waals surface area contributed by atoms with E-state index in [0.29, 0.717) is 48.6 Å². The standard InChI is InChI=1S/C19H26N4O2/c1-12-9-15-16(20-13(12)2)21-18(23-5-7-24-8-6-23)22-17(15)25-11-14-10-19(14,3)4/h9,14H,5-8,10-11H2,1-4H3. The Morgan fingerprint density at radius 2 is 1.92 bits per heavy atom. The van der Waals surface area contributed by atoms with E-state index in [1.165, 1.54) is 6.42 Å². The molecule has 1 aliphatic carbocycles. The Labute approximate surface area is 148 Å². The van der Waals surface area contributed by atoms with Crippen LogP contribution in [0.5, 0.6) is 5.88 Å². The smallest absolute Gasteiger partial charge is 0.230 e. The predicted molar refractivity (Wildman–Crippen MR) is 97.2 cm³/mol. The quantitative estimate of drug-likeness (QED) is 0.851. The highest BCUT2D eigenvalue weighted by Gasteiger charge is 2.46. The first-order chi connectivity index (χ1) is 11.9. The Bertz CT molecular complexity index is 800. The van der Waals surface area contributed by atoms with Crippen LogP contribution in [0.25, 0.3) is 11.0 Å². The van der Waals surface area contributed by atoms with Crippen LogP contribution in [0.2, 0.25) is 0 Å². The molecule has 0 radical (unpaired) electrons. The first-order valence-electron chi connectivity index (χ1n) is 9.05. The van der Waals surface area contributed by atoms with E-state index in [0.717, 1.165) is 29.7 Å². The van der Waals surface area contributed by atoms with E-state index in [1.54, 1.807) is 0 Å². The second kappa shape index (κ2) is 6.09. The van der Waals surface area contributed by atoms with Gasteiger partial charge in [-0.05, 0) is 43.2 Å². The number of pyridine rings is 1. The van der Waals surface area contributed by atoms with E-state index in [9.17, 15) is 0 Å². The number of aryl methyl sites for hydroxylation is 2. The monoisotopic (exact) mass is 342 g/mol. The molecule has 6 heteroatoms. The SMILES string of the molecule is Cc1cc2c(OCC3CC3(C)C)nc(N3CCOCC3)nc2nc1C. The van der Waals surface area contributed by atoms with Gasteiger partial charge in [-0.3, -0.25) is 0 Å². The summed E-state index contributed by atoms with van der Waals surface area (Å²) in [6, 6.07) is 2.09. The van der Waals surface area contributed by atoms with Crippen molar-refractivity contribution in [1.29, 1.82) is 0 Å². The van der Waals surface area contributed by atoms with E-state index in [2.05, 4.69) is 36.7 Å². The average Bonchev–Trinajstić information content (AvgIpc) is 3.21. The number of hydrogen-bond acceptors (Lipinski definition) is 6. The number of fused-ring (bicyclic) bond motifs is 1. The van der Waals surface area contributed by atoms with Crippen LogP contribution in [-0.4, -0.2) is 47.9 Å². The van der Waals surface area contributed by atoms with Gasteiger partial charge < -0.3 is 14.4 Å². The summed E-state index contributed by atoms with van der Waals surface area (Å²) in [6.45, 7) is 12.3. The molecule has 134 valence electrons. The molecule has 2 aliphatic rings. The Morgan fingerprint density at radius 3 is 2.60 bits per heavy atom. The van der Waals surface area contributed by atoms with Crippen molar-refractivity contribution in [3.05, 3.63) is 17.3 Å². The summed E-state index contributed by atoms with van der Waals surface area (Å²) in [4.78, 5) is 16.3. The van der Waals surface area contributed by atoms with Gasteiger partial charge in [0.1, 0.15) is 0 Å². The van der Waals surface area contributed by atoms with E-state index in [4.69, 9.17) is 19.4 Å². The normalized spacial score (nSPS) is 22.2. The molecule has 1 unspecified atom stereocenters. The maximum Gasteiger partial charge on any atom is 0.230 e. The fraction of sp³-hybridized carbons (Fsp3) is 0.632. The molecule has 2 aromatic heterocycles. The summed E-state index contributed by atoms with van der Waals surface area (Å²) in [6.07, 6.45) is 1.21. The van der Waals surface area contributed by atoms with E-state index < -0.39 is 0 Å². The molecule has 3 heterocycles. The number of aromatic nitrogens is 3. The molecule has 0 bridgehead atoms. The second-order valence-corrected chi connectivity index (χ2v) is 7.89. The van der Waals surface area contributed by atoms with Crippen LogP contribution in [-0.2, 0) is 4.74 Å². The fourth-order valence-electron chi connectivity index (χ4n) is 3.26. The molecular formula is C19H26N4O2. The third kappa shape index (κ3) is 3.27. The maximum atomic E-state index is 6.16. The van der Waals surface area contributed by atoms with E-state index in [-0.39, 0.29) is 0 Å². The summed E-state index contributed by atoms with van der Waals surface area (Å²) in [5.74, 6) is 1.95. The highest BCUT2D eigenvalue weighted by Crippen LogP contribution is 2.51. The number of nitrogens with zero attached hydrogens (tertiary/aromatic N) is 4. The van der Waals surface area contributed by atoms with Crippen molar-refractivity contribution in [3.8, 4) is 5.88 Å². The van der Waals surface area contributed by atoms with Crippen LogP contribution < -0.4 is 9.64 Å². The summed E-state index contributed by atoms with van der Waals surface area (Å²) >= 11 is 0. The molecule has 0 aromatic carbocycles. The molecule has 1 atom stereocenters. The van der Waals surface area contributed by atoms with Gasteiger partial charge in [-0.1, -0.05) is 13.8 Å². The van der Waals surface area contributed by atoms with Crippen molar-refractivity contribution >= 4 is 17.0 Å². The summed E-state index contributed by atoms with van der Waals surface area (Å²) in [5, 5.41) is 0.901. The maximum absolute atomic E-state index is 6.16. The number of hydrogen-bond donors (Lipinski definition) is 0. The van der Waals surface area contributed by atoms with Gasteiger partial charge in [0.05, 0.1) is 25.2 Å². The zero-order valence-corrected chi connectivity index (χ0v) is 15.5. The Kier molecular flexibility index (Phi) is 4.02. The molecule has 0 N–H and O–H groups in total. The predicted octanol–water partition coefficient (Wildman–Crippen LogP) is 2.90. The molecule has 1 saturated carbocycles. The largest absolute Gasteiger partial charge is 0.477 e. The van der Waals surface area contributed by atoms with Gasteiger partial charge in [0, 0.05) is 18.8 Å². The van der Waals surface area contributed by atoms with Gasteiger partial charge in [-0.15, -0.1) is 0 Å². The van der Waals surface area contributed by atoms with Crippen molar-refractivity contribution in [3.63, 3.8) is 0 Å². The summed E-state index contributed by atoms with van der Waals surface area (Å²) < 4.78 is 11.6. The second-order valence-electron chi connectivity index (χ2n) is 7.89. The highest BCUT2D eigenvalue weighted by molar-refractivity contribution is 5.82. The first kappa shape index (κ1) is 16.5. The molecule has 1 aliphatic heterocycles. The van der Waals surface area contributed by atoms with Crippen LogP contribution in [0.4, 0.5) is 5.95 Å². The van der Waals surface area contributed by atoms with Crippen LogP contribution in [0.15, 0.2) is 6.07 Å². The van der Waals surface area contributed by atoms with Gasteiger partial charge in [0.15, 0.2) is 5.65 Å². The minimum absolute atomic E-state index is 0.390. The zero-order chi connectivity index (χ0) is 17.6. The number of rotatable bonds is 4. The van der Waals surface area contributed by atoms with Crippen molar-refractivity contribution in [2.45, 2.75) is 34.1 Å². The highest BCUT2D eigenvalue weighted by atomic mass is 16.5. The lowest BCUT2D eigenvalue weighted by atomic mass is 10.1. The first-order valence-corrected chi connectivity index (χ1v) is 9.05. The molecule has 1 saturated heterocycles. The van der Waals surface area contributed by atoms with Crippen molar-refractivity contribution in [1.82, 2.24) is 15.0 Å². The molecule has 2 aromatic rings. The fourth-order valence-corrected chi connectivity index (χ4v) is 3.26. The molecule has 25 heavy (non-hydrogen) atoms. The zero-order valence-electron chi connectivity index (χ0n) is 15.5. The van der Waals surface area contributed by atoms with Gasteiger partial charge in [-0.25, -0.2) is 4.98 Å². The van der Waals surface area contributed by atoms with Crippen molar-refractivity contribution in [2.75, 3.05) is 37.8 Å². The van der Waals surface area contributed by atoms with Gasteiger partial charge in [0.2, 0.25) is 11.8 Å². The van der Waals surface area contributed by atoms with Gasteiger partial charge >= 0.3 is 0 Å². The molecular weight excluding hydrogens is 316 g/mol. The van der Waals surface area contributed by atoms with Gasteiger partial charge in [0.25, 0.3) is 0 Å². The Morgan fingerprint density at radius 1 is 1.20 bits per heavy atom. The topological polar surface area (TPSA) is 60.4 Å². The molecule has 0 amide bonds. The van der Waals surface area contributed by atoms with E-state index >= 15 is 0 Å². The third-order valence-corrected chi connectivity index (χ3v) is 5.52.